The highest BCUT2D eigenvalue weighted by atomic mass is 35.5. The van der Waals surface area contributed by atoms with Crippen molar-refractivity contribution in [1.82, 2.24) is 15.1 Å². The Morgan fingerprint density at radius 3 is 3.00 bits per heavy atom. The molecule has 3 atom stereocenters. The lowest BCUT2D eigenvalue weighted by atomic mass is 9.77. The summed E-state index contributed by atoms with van der Waals surface area (Å²) in [4.78, 5) is 0. The van der Waals surface area contributed by atoms with Crippen molar-refractivity contribution in [3.8, 4) is 0 Å². The van der Waals surface area contributed by atoms with Crippen molar-refractivity contribution < 1.29 is 4.74 Å². The van der Waals surface area contributed by atoms with Gasteiger partial charge in [0.25, 0.3) is 0 Å². The Morgan fingerprint density at radius 2 is 2.33 bits per heavy atom. The van der Waals surface area contributed by atoms with Crippen LogP contribution < -0.4 is 5.32 Å². The second-order valence-corrected chi connectivity index (χ2v) is 6.57. The molecule has 1 aromatic heterocycles. The third kappa shape index (κ3) is 4.21. The topological polar surface area (TPSA) is 39.1 Å². The van der Waals surface area contributed by atoms with E-state index in [-0.39, 0.29) is 0 Å². The number of nitrogens with zero attached hydrogens (tertiary/aromatic N) is 2. The molecular weight excluding hydrogens is 286 g/mol. The van der Waals surface area contributed by atoms with Gasteiger partial charge in [0.2, 0.25) is 0 Å². The molecule has 1 aromatic rings. The van der Waals surface area contributed by atoms with Crippen LogP contribution in [0.3, 0.4) is 0 Å². The molecule has 0 aliphatic heterocycles. The molecule has 1 aliphatic carbocycles. The van der Waals surface area contributed by atoms with Crippen molar-refractivity contribution >= 4 is 11.6 Å². The van der Waals surface area contributed by atoms with Crippen LogP contribution in [0.2, 0.25) is 5.02 Å². The van der Waals surface area contributed by atoms with Crippen LogP contribution in [0.15, 0.2) is 6.20 Å². The van der Waals surface area contributed by atoms with Gasteiger partial charge in [-0.05, 0) is 31.2 Å². The van der Waals surface area contributed by atoms with Gasteiger partial charge in [0, 0.05) is 7.11 Å². The van der Waals surface area contributed by atoms with Crippen molar-refractivity contribution in [3.05, 3.63) is 16.9 Å². The fourth-order valence-electron chi connectivity index (χ4n) is 3.53. The Labute approximate surface area is 133 Å². The molecule has 0 saturated heterocycles. The standard InChI is InChI=1S/C16H28ClN3O/c1-4-18-15(13-7-5-6-12(2)10-13)16-14(17)11-19-20(16)8-9-21-3/h11-13,15,18H,4-10H2,1-3H3. The van der Waals surface area contributed by atoms with Crippen LogP contribution in [-0.4, -0.2) is 30.0 Å². The number of hydrogen-bond acceptors (Lipinski definition) is 3. The zero-order chi connectivity index (χ0) is 15.2. The molecule has 1 saturated carbocycles. The number of hydrogen-bond donors (Lipinski definition) is 1. The van der Waals surface area contributed by atoms with E-state index in [9.17, 15) is 0 Å². The highest BCUT2D eigenvalue weighted by Crippen LogP contribution is 2.39. The normalized spacial score (nSPS) is 24.2. The fraction of sp³-hybridized carbons (Fsp3) is 0.812. The smallest absolute Gasteiger partial charge is 0.0834 e. The van der Waals surface area contributed by atoms with E-state index >= 15 is 0 Å². The molecule has 5 heteroatoms. The maximum Gasteiger partial charge on any atom is 0.0834 e. The zero-order valence-corrected chi connectivity index (χ0v) is 14.2. The Bertz CT molecular complexity index is 435. The lowest BCUT2D eigenvalue weighted by Crippen LogP contribution is -2.33. The third-order valence-electron chi connectivity index (χ3n) is 4.51. The van der Waals surface area contributed by atoms with Gasteiger partial charge in [-0.2, -0.15) is 5.10 Å². The van der Waals surface area contributed by atoms with E-state index in [1.54, 1.807) is 13.3 Å². The van der Waals surface area contributed by atoms with Gasteiger partial charge in [-0.25, -0.2) is 0 Å². The minimum absolute atomic E-state index is 0.296. The van der Waals surface area contributed by atoms with Crippen LogP contribution in [0.4, 0.5) is 0 Å². The average molecular weight is 314 g/mol. The van der Waals surface area contributed by atoms with Gasteiger partial charge in [-0.15, -0.1) is 0 Å². The van der Waals surface area contributed by atoms with Gasteiger partial charge in [0.05, 0.1) is 36.1 Å². The van der Waals surface area contributed by atoms with E-state index in [4.69, 9.17) is 16.3 Å². The molecule has 0 radical (unpaired) electrons. The van der Waals surface area contributed by atoms with Gasteiger partial charge in [-0.1, -0.05) is 38.3 Å². The fourth-order valence-corrected chi connectivity index (χ4v) is 3.79. The second kappa shape index (κ2) is 8.16. The summed E-state index contributed by atoms with van der Waals surface area (Å²) >= 11 is 6.45. The molecule has 1 N–H and O–H groups in total. The van der Waals surface area contributed by atoms with Crippen molar-refractivity contribution in [3.63, 3.8) is 0 Å². The molecule has 3 unspecified atom stereocenters. The largest absolute Gasteiger partial charge is 0.383 e. The van der Waals surface area contributed by atoms with E-state index in [1.165, 1.54) is 25.7 Å². The van der Waals surface area contributed by atoms with Gasteiger partial charge in [0.15, 0.2) is 0 Å². The Hall–Kier alpha value is -0.580. The number of rotatable bonds is 7. The van der Waals surface area contributed by atoms with Crippen LogP contribution in [0.5, 0.6) is 0 Å². The summed E-state index contributed by atoms with van der Waals surface area (Å²) in [6, 6.07) is 0.296. The third-order valence-corrected chi connectivity index (χ3v) is 4.80. The van der Waals surface area contributed by atoms with E-state index in [2.05, 4.69) is 24.3 Å². The van der Waals surface area contributed by atoms with Crippen LogP contribution in [-0.2, 0) is 11.3 Å². The molecule has 120 valence electrons. The van der Waals surface area contributed by atoms with E-state index in [0.29, 0.717) is 18.6 Å². The average Bonchev–Trinajstić information content (AvgIpc) is 2.83. The molecule has 0 bridgehead atoms. The molecule has 0 spiro atoms. The summed E-state index contributed by atoms with van der Waals surface area (Å²) in [6.07, 6.45) is 6.98. The molecule has 2 rings (SSSR count). The van der Waals surface area contributed by atoms with Crippen molar-refractivity contribution in [2.75, 3.05) is 20.3 Å². The van der Waals surface area contributed by atoms with Crippen molar-refractivity contribution in [2.45, 2.75) is 52.1 Å². The van der Waals surface area contributed by atoms with Gasteiger partial charge in [0.1, 0.15) is 0 Å². The van der Waals surface area contributed by atoms with E-state index < -0.39 is 0 Å². The summed E-state index contributed by atoms with van der Waals surface area (Å²) in [6.45, 7) is 6.87. The molecular formula is C16H28ClN3O. The molecule has 1 heterocycles. The number of halogens is 1. The predicted molar refractivity (Wildman–Crippen MR) is 86.7 cm³/mol. The SMILES string of the molecule is CCNC(c1c(Cl)cnn1CCOC)C1CCCC(C)C1. The highest BCUT2D eigenvalue weighted by molar-refractivity contribution is 6.31. The summed E-state index contributed by atoms with van der Waals surface area (Å²) in [7, 11) is 1.72. The zero-order valence-electron chi connectivity index (χ0n) is 13.4. The second-order valence-electron chi connectivity index (χ2n) is 6.16. The quantitative estimate of drug-likeness (QED) is 0.835. The maximum absolute atomic E-state index is 6.45. The lowest BCUT2D eigenvalue weighted by molar-refractivity contribution is 0.176. The number of nitrogens with one attached hydrogen (secondary N) is 1. The summed E-state index contributed by atoms with van der Waals surface area (Å²) in [5.41, 5.74) is 1.13. The van der Waals surface area contributed by atoms with Crippen LogP contribution in [0.25, 0.3) is 0 Å². The highest BCUT2D eigenvalue weighted by Gasteiger charge is 2.31. The molecule has 0 amide bonds. The summed E-state index contributed by atoms with van der Waals surface area (Å²) < 4.78 is 7.20. The minimum atomic E-state index is 0.296. The molecule has 1 fully saturated rings. The lowest BCUT2D eigenvalue weighted by Gasteiger charge is -2.34. The Kier molecular flexibility index (Phi) is 6.52. The van der Waals surface area contributed by atoms with E-state index in [0.717, 1.165) is 29.7 Å². The Balaban J connectivity index is 2.22. The van der Waals surface area contributed by atoms with Crippen LogP contribution >= 0.6 is 11.6 Å². The number of methoxy groups -OCH3 is 1. The molecule has 4 nitrogen and oxygen atoms in total. The number of ether oxygens (including phenoxy) is 1. The van der Waals surface area contributed by atoms with Gasteiger partial charge >= 0.3 is 0 Å². The summed E-state index contributed by atoms with van der Waals surface area (Å²) in [5.74, 6) is 1.45. The first kappa shape index (κ1) is 16.8. The van der Waals surface area contributed by atoms with Gasteiger partial charge < -0.3 is 10.1 Å². The first-order valence-corrected chi connectivity index (χ1v) is 8.48. The number of aromatic nitrogens is 2. The van der Waals surface area contributed by atoms with Crippen LogP contribution in [0.1, 0.15) is 51.3 Å². The predicted octanol–water partition coefficient (Wildman–Crippen LogP) is 3.66. The minimum Gasteiger partial charge on any atom is -0.383 e. The molecule has 0 aromatic carbocycles. The van der Waals surface area contributed by atoms with Crippen LogP contribution in [0, 0.1) is 11.8 Å². The molecule has 21 heavy (non-hydrogen) atoms. The molecule has 1 aliphatic rings. The van der Waals surface area contributed by atoms with Crippen molar-refractivity contribution in [1.29, 1.82) is 0 Å². The first-order valence-electron chi connectivity index (χ1n) is 8.10. The van der Waals surface area contributed by atoms with Gasteiger partial charge in [-0.3, -0.25) is 4.68 Å². The Morgan fingerprint density at radius 1 is 1.52 bits per heavy atom. The summed E-state index contributed by atoms with van der Waals surface area (Å²) in [5, 5.41) is 8.86. The monoisotopic (exact) mass is 313 g/mol. The first-order chi connectivity index (χ1) is 10.2. The van der Waals surface area contributed by atoms with Crippen molar-refractivity contribution in [2.24, 2.45) is 11.8 Å². The maximum atomic E-state index is 6.45. The van der Waals surface area contributed by atoms with E-state index in [1.807, 2.05) is 4.68 Å².